The first-order valence-corrected chi connectivity index (χ1v) is 8.72. The summed E-state index contributed by atoms with van der Waals surface area (Å²) in [5.74, 6) is 0.910. The number of unbranched alkanes of at least 4 members (excludes halogenated alkanes) is 3. The summed E-state index contributed by atoms with van der Waals surface area (Å²) in [7, 11) is 0. The van der Waals surface area contributed by atoms with E-state index in [9.17, 15) is 5.26 Å². The maximum atomic E-state index is 9.22. The van der Waals surface area contributed by atoms with Gasteiger partial charge in [-0.15, -0.1) is 0 Å². The highest BCUT2D eigenvalue weighted by Gasteiger charge is 2.21. The second-order valence-corrected chi connectivity index (χ2v) is 6.26. The number of rotatable bonds is 7. The first-order valence-electron chi connectivity index (χ1n) is 8.72. The molecular formula is C17H24N6. The lowest BCUT2D eigenvalue weighted by Gasteiger charge is -2.12. The van der Waals surface area contributed by atoms with E-state index in [1.54, 1.807) is 0 Å². The van der Waals surface area contributed by atoms with Gasteiger partial charge in [-0.1, -0.05) is 39.0 Å². The van der Waals surface area contributed by atoms with Crippen molar-refractivity contribution in [1.82, 2.24) is 19.5 Å². The first-order chi connectivity index (χ1) is 11.3. The largest absolute Gasteiger partial charge is 0.368 e. The molecule has 0 atom stereocenters. The van der Waals surface area contributed by atoms with E-state index >= 15 is 0 Å². The number of nitrogens with zero attached hydrogens (tertiary/aromatic N) is 5. The van der Waals surface area contributed by atoms with Gasteiger partial charge in [0.2, 0.25) is 5.82 Å². The van der Waals surface area contributed by atoms with Gasteiger partial charge in [-0.05, 0) is 19.3 Å². The molecule has 6 nitrogen and oxygen atoms in total. The maximum absolute atomic E-state index is 9.22. The number of nitriles is 1. The molecule has 0 bridgehead atoms. The Hall–Kier alpha value is -2.16. The lowest BCUT2D eigenvalue weighted by Crippen LogP contribution is -2.08. The summed E-state index contributed by atoms with van der Waals surface area (Å²) in [6, 6.07) is 2.53. The summed E-state index contributed by atoms with van der Waals surface area (Å²) in [4.78, 5) is 13.2. The quantitative estimate of drug-likeness (QED) is 0.786. The first kappa shape index (κ1) is 15.7. The topological polar surface area (TPSA) is 79.4 Å². The van der Waals surface area contributed by atoms with Crippen LogP contribution in [0.4, 0.5) is 5.82 Å². The van der Waals surface area contributed by atoms with Crippen LogP contribution in [0.25, 0.3) is 11.2 Å². The van der Waals surface area contributed by atoms with Crippen LogP contribution in [-0.2, 0) is 0 Å². The van der Waals surface area contributed by atoms with Gasteiger partial charge in [0.05, 0.1) is 6.33 Å². The summed E-state index contributed by atoms with van der Waals surface area (Å²) < 4.78 is 2.13. The van der Waals surface area contributed by atoms with Crippen molar-refractivity contribution in [2.75, 3.05) is 11.9 Å². The fraction of sp³-hybridized carbons (Fsp3) is 0.647. The Morgan fingerprint density at radius 3 is 2.83 bits per heavy atom. The fourth-order valence-electron chi connectivity index (χ4n) is 3.30. The minimum atomic E-state index is 0.216. The van der Waals surface area contributed by atoms with Crippen molar-refractivity contribution >= 4 is 17.0 Å². The van der Waals surface area contributed by atoms with E-state index in [0.29, 0.717) is 11.9 Å². The van der Waals surface area contributed by atoms with Gasteiger partial charge in [-0.3, -0.25) is 0 Å². The Morgan fingerprint density at radius 2 is 2.09 bits per heavy atom. The molecule has 1 aliphatic rings. The Kier molecular flexibility index (Phi) is 5.06. The van der Waals surface area contributed by atoms with Crippen LogP contribution in [0.3, 0.4) is 0 Å². The molecule has 1 saturated carbocycles. The molecule has 2 aromatic rings. The van der Waals surface area contributed by atoms with E-state index in [2.05, 4.69) is 37.8 Å². The van der Waals surface area contributed by atoms with Gasteiger partial charge in [0.25, 0.3) is 0 Å². The summed E-state index contributed by atoms with van der Waals surface area (Å²) in [6.45, 7) is 3.06. The molecule has 0 spiro atoms. The molecule has 6 heteroatoms. The molecule has 0 aromatic carbocycles. The normalized spacial score (nSPS) is 15.1. The molecule has 2 aromatic heterocycles. The average molecular weight is 312 g/mol. The van der Waals surface area contributed by atoms with E-state index < -0.39 is 0 Å². The van der Waals surface area contributed by atoms with Crippen LogP contribution in [0.2, 0.25) is 0 Å². The van der Waals surface area contributed by atoms with Crippen LogP contribution in [0.1, 0.15) is 70.2 Å². The third-order valence-corrected chi connectivity index (χ3v) is 4.56. The Bertz CT molecular complexity index is 693. The standard InChI is InChI=1S/C17H24N6/c1-2-3-4-7-10-19-16-15-17(22-14(11-18)21-16)23(12-20-15)13-8-5-6-9-13/h12-13H,2-10H2,1H3,(H,19,21,22). The summed E-state index contributed by atoms with van der Waals surface area (Å²) in [6.07, 6.45) is 11.5. The molecule has 122 valence electrons. The van der Waals surface area contributed by atoms with Crippen LogP contribution < -0.4 is 5.32 Å². The molecule has 0 aliphatic heterocycles. The second-order valence-electron chi connectivity index (χ2n) is 6.26. The van der Waals surface area contributed by atoms with Gasteiger partial charge >= 0.3 is 0 Å². The molecule has 3 rings (SSSR count). The zero-order valence-electron chi connectivity index (χ0n) is 13.8. The Morgan fingerprint density at radius 1 is 1.26 bits per heavy atom. The molecule has 23 heavy (non-hydrogen) atoms. The van der Waals surface area contributed by atoms with Gasteiger partial charge in [0.15, 0.2) is 17.0 Å². The smallest absolute Gasteiger partial charge is 0.236 e. The minimum absolute atomic E-state index is 0.216. The predicted molar refractivity (Wildman–Crippen MR) is 90.2 cm³/mol. The molecule has 0 radical (unpaired) electrons. The number of fused-ring (bicyclic) bond motifs is 1. The second kappa shape index (κ2) is 7.40. The molecule has 2 heterocycles. The monoisotopic (exact) mass is 312 g/mol. The Labute approximate surface area is 137 Å². The lowest BCUT2D eigenvalue weighted by atomic mass is 10.2. The number of imidazole rings is 1. The number of anilines is 1. The lowest BCUT2D eigenvalue weighted by molar-refractivity contribution is 0.528. The highest BCUT2D eigenvalue weighted by Crippen LogP contribution is 2.32. The van der Waals surface area contributed by atoms with Gasteiger partial charge in [0.1, 0.15) is 6.07 Å². The van der Waals surface area contributed by atoms with Crippen molar-refractivity contribution in [3.8, 4) is 6.07 Å². The molecule has 1 fully saturated rings. The average Bonchev–Trinajstić information content (AvgIpc) is 3.23. The third kappa shape index (κ3) is 3.44. The number of aromatic nitrogens is 4. The molecule has 0 saturated heterocycles. The minimum Gasteiger partial charge on any atom is -0.368 e. The number of hydrogen-bond donors (Lipinski definition) is 1. The van der Waals surface area contributed by atoms with Crippen LogP contribution in [0, 0.1) is 11.3 Å². The highest BCUT2D eigenvalue weighted by molar-refractivity contribution is 5.83. The van der Waals surface area contributed by atoms with Gasteiger partial charge < -0.3 is 9.88 Å². The molecule has 0 unspecified atom stereocenters. The predicted octanol–water partition coefficient (Wildman–Crippen LogP) is 3.81. The summed E-state index contributed by atoms with van der Waals surface area (Å²) >= 11 is 0. The van der Waals surface area contributed by atoms with Crippen molar-refractivity contribution in [3.05, 3.63) is 12.2 Å². The van der Waals surface area contributed by atoms with Gasteiger partial charge in [-0.25, -0.2) is 4.98 Å². The van der Waals surface area contributed by atoms with Crippen molar-refractivity contribution in [2.45, 2.75) is 64.3 Å². The van der Waals surface area contributed by atoms with Crippen molar-refractivity contribution in [2.24, 2.45) is 0 Å². The number of hydrogen-bond acceptors (Lipinski definition) is 5. The van der Waals surface area contributed by atoms with E-state index in [4.69, 9.17) is 0 Å². The highest BCUT2D eigenvalue weighted by atomic mass is 15.2. The Balaban J connectivity index is 1.83. The fourth-order valence-corrected chi connectivity index (χ4v) is 3.30. The van der Waals surface area contributed by atoms with E-state index in [1.165, 1.54) is 32.1 Å². The summed E-state index contributed by atoms with van der Waals surface area (Å²) in [5.41, 5.74) is 1.57. The van der Waals surface area contributed by atoms with Crippen LogP contribution in [-0.4, -0.2) is 26.1 Å². The van der Waals surface area contributed by atoms with E-state index in [1.807, 2.05) is 6.33 Å². The SMILES string of the molecule is CCCCCCNc1nc(C#N)nc2c1ncn2C1CCCC1. The van der Waals surface area contributed by atoms with Crippen LogP contribution in [0.5, 0.6) is 0 Å². The molecule has 1 aliphatic carbocycles. The molecule has 1 N–H and O–H groups in total. The van der Waals surface area contributed by atoms with Crippen molar-refractivity contribution < 1.29 is 0 Å². The maximum Gasteiger partial charge on any atom is 0.236 e. The van der Waals surface area contributed by atoms with Crippen LogP contribution >= 0.6 is 0 Å². The molecule has 0 amide bonds. The van der Waals surface area contributed by atoms with Crippen LogP contribution in [0.15, 0.2) is 6.33 Å². The summed E-state index contributed by atoms with van der Waals surface area (Å²) in [5, 5.41) is 12.6. The van der Waals surface area contributed by atoms with Gasteiger partial charge in [0, 0.05) is 12.6 Å². The third-order valence-electron chi connectivity index (χ3n) is 4.56. The van der Waals surface area contributed by atoms with Crippen molar-refractivity contribution in [3.63, 3.8) is 0 Å². The van der Waals surface area contributed by atoms with E-state index in [-0.39, 0.29) is 5.82 Å². The zero-order chi connectivity index (χ0) is 16.1. The molecular weight excluding hydrogens is 288 g/mol. The number of nitrogens with one attached hydrogen (secondary N) is 1. The van der Waals surface area contributed by atoms with Crippen molar-refractivity contribution in [1.29, 1.82) is 5.26 Å². The van der Waals surface area contributed by atoms with E-state index in [0.717, 1.165) is 37.0 Å². The zero-order valence-corrected chi connectivity index (χ0v) is 13.8. The van der Waals surface area contributed by atoms with Gasteiger partial charge in [-0.2, -0.15) is 15.2 Å².